The molecule has 0 radical (unpaired) electrons. The van der Waals surface area contributed by atoms with Crippen molar-refractivity contribution in [3.05, 3.63) is 18.3 Å². The lowest BCUT2D eigenvalue weighted by molar-refractivity contribution is -0.0384. The number of hydrogen-bond acceptors (Lipinski definition) is 3. The SMILES string of the molecule is Nc1ncccc1[S@@](=O)C(F)(F)F. The summed E-state index contributed by atoms with van der Waals surface area (Å²) in [5.41, 5.74) is 0.319. The Kier molecular flexibility index (Phi) is 2.55. The predicted octanol–water partition coefficient (Wildman–Crippen LogP) is 1.29. The molecule has 0 aliphatic carbocycles. The minimum atomic E-state index is -4.79. The summed E-state index contributed by atoms with van der Waals surface area (Å²) in [6.45, 7) is 0. The highest BCUT2D eigenvalue weighted by atomic mass is 32.2. The molecule has 0 bridgehead atoms. The summed E-state index contributed by atoms with van der Waals surface area (Å²) >= 11 is 0. The Balaban J connectivity index is 3.10. The van der Waals surface area contributed by atoms with E-state index in [2.05, 4.69) is 4.98 Å². The second kappa shape index (κ2) is 3.33. The molecule has 0 saturated heterocycles. The minimum absolute atomic E-state index is 0.363. The first-order valence-corrected chi connectivity index (χ1v) is 4.27. The maximum atomic E-state index is 11.9. The lowest BCUT2D eigenvalue weighted by Crippen LogP contribution is -2.17. The van der Waals surface area contributed by atoms with Gasteiger partial charge in [0.2, 0.25) is 0 Å². The van der Waals surface area contributed by atoms with E-state index in [0.717, 1.165) is 6.07 Å². The highest BCUT2D eigenvalue weighted by Crippen LogP contribution is 2.28. The summed E-state index contributed by atoms with van der Waals surface area (Å²) in [4.78, 5) is 2.89. The first-order chi connectivity index (χ1) is 5.93. The van der Waals surface area contributed by atoms with Gasteiger partial charge in [-0.25, -0.2) is 9.19 Å². The minimum Gasteiger partial charge on any atom is -0.383 e. The summed E-state index contributed by atoms with van der Waals surface area (Å²) in [6.07, 6.45) is 1.23. The first-order valence-electron chi connectivity index (χ1n) is 3.12. The smallest absolute Gasteiger partial charge is 0.383 e. The Hall–Kier alpha value is -1.11. The molecule has 1 rings (SSSR count). The average molecular weight is 210 g/mol. The van der Waals surface area contributed by atoms with Crippen LogP contribution in [0.4, 0.5) is 19.0 Å². The largest absolute Gasteiger partial charge is 0.475 e. The molecule has 13 heavy (non-hydrogen) atoms. The number of aromatic nitrogens is 1. The molecule has 0 fully saturated rings. The van der Waals surface area contributed by atoms with Crippen LogP contribution >= 0.6 is 0 Å². The molecule has 0 aliphatic rings. The van der Waals surface area contributed by atoms with E-state index in [1.807, 2.05) is 0 Å². The van der Waals surface area contributed by atoms with Crippen LogP contribution in [0.1, 0.15) is 0 Å². The van der Waals surface area contributed by atoms with Crippen molar-refractivity contribution >= 4 is 16.6 Å². The van der Waals surface area contributed by atoms with Crippen molar-refractivity contribution < 1.29 is 17.4 Å². The van der Waals surface area contributed by atoms with Crippen LogP contribution in [0.5, 0.6) is 0 Å². The number of hydrogen-bond donors (Lipinski definition) is 1. The van der Waals surface area contributed by atoms with Crippen molar-refractivity contribution in [2.45, 2.75) is 10.4 Å². The Labute approximate surface area is 74.2 Å². The maximum Gasteiger partial charge on any atom is 0.475 e. The molecule has 0 amide bonds. The van der Waals surface area contributed by atoms with Gasteiger partial charge in [0.25, 0.3) is 0 Å². The standard InChI is InChI=1S/C6H5F3N2OS/c7-6(8,9)13(12)4-2-1-3-11-5(4)10/h1-3H,(H2,10,11)/t13-/m1/s1. The van der Waals surface area contributed by atoms with Crippen molar-refractivity contribution in [3.8, 4) is 0 Å². The van der Waals surface area contributed by atoms with Gasteiger partial charge in [-0.15, -0.1) is 0 Å². The molecule has 0 spiro atoms. The fourth-order valence-corrected chi connectivity index (χ4v) is 1.38. The number of nitrogen functional groups attached to an aromatic ring is 1. The number of alkyl halides is 3. The van der Waals surface area contributed by atoms with Crippen LogP contribution in [0.25, 0.3) is 0 Å². The van der Waals surface area contributed by atoms with E-state index in [1.54, 1.807) is 0 Å². The molecule has 1 aromatic heterocycles. The average Bonchev–Trinajstić information content (AvgIpc) is 2.02. The van der Waals surface area contributed by atoms with Gasteiger partial charge in [0, 0.05) is 6.20 Å². The third-order valence-electron chi connectivity index (χ3n) is 1.21. The van der Waals surface area contributed by atoms with Crippen LogP contribution in [0.15, 0.2) is 23.2 Å². The zero-order chi connectivity index (χ0) is 10.1. The van der Waals surface area contributed by atoms with Crippen LogP contribution in [-0.2, 0) is 10.8 Å². The molecule has 7 heteroatoms. The normalized spacial score (nSPS) is 14.1. The van der Waals surface area contributed by atoms with Gasteiger partial charge in [0.05, 0.1) is 4.90 Å². The molecule has 2 N–H and O–H groups in total. The molecule has 1 aromatic rings. The topological polar surface area (TPSA) is 56.0 Å². The van der Waals surface area contributed by atoms with Crippen molar-refractivity contribution in [1.82, 2.24) is 4.98 Å². The second-order valence-electron chi connectivity index (χ2n) is 2.10. The fraction of sp³-hybridized carbons (Fsp3) is 0.167. The highest BCUT2D eigenvalue weighted by molar-refractivity contribution is 7.86. The molecule has 0 aliphatic heterocycles. The molecule has 3 nitrogen and oxygen atoms in total. The molecule has 1 atom stereocenters. The zero-order valence-corrected chi connectivity index (χ0v) is 7.02. The molecule has 72 valence electrons. The van der Waals surface area contributed by atoms with E-state index >= 15 is 0 Å². The summed E-state index contributed by atoms with van der Waals surface area (Å²) in [6, 6.07) is 2.28. The molecular formula is C6H5F3N2OS. The lowest BCUT2D eigenvalue weighted by Gasteiger charge is -2.06. The quantitative estimate of drug-likeness (QED) is 0.759. The van der Waals surface area contributed by atoms with Crippen LogP contribution in [0.2, 0.25) is 0 Å². The van der Waals surface area contributed by atoms with Crippen molar-refractivity contribution in [2.24, 2.45) is 0 Å². The maximum absolute atomic E-state index is 11.9. The van der Waals surface area contributed by atoms with Gasteiger partial charge in [-0.05, 0) is 12.1 Å². The first kappa shape index (κ1) is 9.97. The van der Waals surface area contributed by atoms with E-state index in [1.165, 1.54) is 12.3 Å². The fourth-order valence-electron chi connectivity index (χ4n) is 0.684. The Morgan fingerprint density at radius 3 is 2.54 bits per heavy atom. The third-order valence-corrected chi connectivity index (χ3v) is 2.37. The molecule has 1 heterocycles. The number of pyridine rings is 1. The van der Waals surface area contributed by atoms with Crippen molar-refractivity contribution in [1.29, 1.82) is 0 Å². The highest BCUT2D eigenvalue weighted by Gasteiger charge is 2.39. The molecule has 0 aromatic carbocycles. The van der Waals surface area contributed by atoms with Gasteiger partial charge in [0.1, 0.15) is 5.82 Å². The summed E-state index contributed by atoms with van der Waals surface area (Å²) in [7, 11) is -3.10. The zero-order valence-electron chi connectivity index (χ0n) is 6.21. The number of halogens is 3. The number of rotatable bonds is 1. The van der Waals surface area contributed by atoms with Gasteiger partial charge in [-0.2, -0.15) is 13.2 Å². The van der Waals surface area contributed by atoms with Gasteiger partial charge in [-0.1, -0.05) is 0 Å². The number of anilines is 1. The van der Waals surface area contributed by atoms with Crippen LogP contribution < -0.4 is 5.73 Å². The molecule has 0 unspecified atom stereocenters. The number of nitrogens with two attached hydrogens (primary N) is 1. The van der Waals surface area contributed by atoms with Crippen LogP contribution in [0, 0.1) is 0 Å². The monoisotopic (exact) mass is 210 g/mol. The van der Waals surface area contributed by atoms with E-state index < -0.39 is 21.2 Å². The molecular weight excluding hydrogens is 205 g/mol. The van der Waals surface area contributed by atoms with E-state index in [0.29, 0.717) is 0 Å². The summed E-state index contributed by atoms with van der Waals surface area (Å²) in [5, 5.41) is 0. The Morgan fingerprint density at radius 2 is 2.08 bits per heavy atom. The Bertz CT molecular complexity index is 339. The van der Waals surface area contributed by atoms with Gasteiger partial charge < -0.3 is 5.73 Å². The third kappa shape index (κ3) is 2.18. The van der Waals surface area contributed by atoms with Crippen LogP contribution in [0.3, 0.4) is 0 Å². The van der Waals surface area contributed by atoms with E-state index in [9.17, 15) is 17.4 Å². The van der Waals surface area contributed by atoms with Gasteiger partial charge in [-0.3, -0.25) is 0 Å². The van der Waals surface area contributed by atoms with Crippen molar-refractivity contribution in [3.63, 3.8) is 0 Å². The summed E-state index contributed by atoms with van der Waals surface area (Å²) < 4.78 is 46.5. The lowest BCUT2D eigenvalue weighted by atomic mass is 10.5. The second-order valence-corrected chi connectivity index (χ2v) is 3.54. The van der Waals surface area contributed by atoms with Crippen molar-refractivity contribution in [2.75, 3.05) is 5.73 Å². The van der Waals surface area contributed by atoms with E-state index in [4.69, 9.17) is 5.73 Å². The van der Waals surface area contributed by atoms with Crippen LogP contribution in [-0.4, -0.2) is 14.7 Å². The van der Waals surface area contributed by atoms with Gasteiger partial charge >= 0.3 is 5.51 Å². The Morgan fingerprint density at radius 1 is 1.46 bits per heavy atom. The summed E-state index contributed by atoms with van der Waals surface area (Å²) in [5.74, 6) is -0.363. The van der Waals surface area contributed by atoms with E-state index in [-0.39, 0.29) is 5.82 Å². The van der Waals surface area contributed by atoms with Gasteiger partial charge in [0.15, 0.2) is 10.8 Å². The molecule has 0 saturated carbocycles. The number of nitrogens with zero attached hydrogens (tertiary/aromatic N) is 1. The predicted molar refractivity (Wildman–Crippen MR) is 41.1 cm³/mol.